The van der Waals surface area contributed by atoms with Crippen molar-refractivity contribution >= 4 is 22.4 Å². The van der Waals surface area contributed by atoms with Gasteiger partial charge in [0.2, 0.25) is 0 Å². The molecule has 0 radical (unpaired) electrons. The van der Waals surface area contributed by atoms with Gasteiger partial charge in [-0.15, -0.1) is 0 Å². The molecule has 2 heterocycles. The number of nitrogens with zero attached hydrogens (tertiary/aromatic N) is 2. The molecule has 1 aromatic carbocycles. The summed E-state index contributed by atoms with van der Waals surface area (Å²) in [6.45, 7) is 1.95. The smallest absolute Gasteiger partial charge is 0.257 e. The first-order valence-electron chi connectivity index (χ1n) is 6.48. The first-order chi connectivity index (χ1) is 10.2. The van der Waals surface area contributed by atoms with Crippen molar-refractivity contribution in [1.82, 2.24) is 9.97 Å². The number of thiazole rings is 1. The molecule has 0 saturated heterocycles. The van der Waals surface area contributed by atoms with E-state index in [4.69, 9.17) is 0 Å². The molecule has 0 bridgehead atoms. The molecule has 0 spiro atoms. The molecule has 4 nitrogen and oxygen atoms in total. The van der Waals surface area contributed by atoms with E-state index in [9.17, 15) is 4.79 Å². The summed E-state index contributed by atoms with van der Waals surface area (Å²) in [4.78, 5) is 21.5. The second-order valence-electron chi connectivity index (χ2n) is 4.49. The zero-order chi connectivity index (χ0) is 14.7. The number of anilines is 1. The summed E-state index contributed by atoms with van der Waals surface area (Å²) < 4.78 is 0. The molecular weight excluding hydrogens is 282 g/mol. The summed E-state index contributed by atoms with van der Waals surface area (Å²) in [7, 11) is 0. The fourth-order valence-corrected chi connectivity index (χ4v) is 2.95. The van der Waals surface area contributed by atoms with Crippen molar-refractivity contribution in [2.45, 2.75) is 6.92 Å². The van der Waals surface area contributed by atoms with Crippen molar-refractivity contribution in [2.24, 2.45) is 0 Å². The number of amides is 1. The third kappa shape index (κ3) is 2.98. The van der Waals surface area contributed by atoms with E-state index in [-0.39, 0.29) is 5.91 Å². The summed E-state index contributed by atoms with van der Waals surface area (Å²) in [5, 5.41) is 3.43. The zero-order valence-corrected chi connectivity index (χ0v) is 12.2. The summed E-state index contributed by atoms with van der Waals surface area (Å²) in [5.41, 5.74) is 2.59. The van der Waals surface area contributed by atoms with Gasteiger partial charge in [0.05, 0.1) is 10.6 Å². The zero-order valence-electron chi connectivity index (χ0n) is 11.4. The molecule has 0 atom stereocenters. The van der Waals surface area contributed by atoms with Crippen LogP contribution in [0.3, 0.4) is 0 Å². The van der Waals surface area contributed by atoms with E-state index in [1.165, 1.54) is 11.3 Å². The van der Waals surface area contributed by atoms with Crippen LogP contribution in [0.5, 0.6) is 0 Å². The van der Waals surface area contributed by atoms with Gasteiger partial charge in [-0.1, -0.05) is 41.7 Å². The van der Waals surface area contributed by atoms with Gasteiger partial charge in [-0.25, -0.2) is 4.98 Å². The van der Waals surface area contributed by atoms with Gasteiger partial charge in [0.1, 0.15) is 0 Å². The number of nitrogens with one attached hydrogen (secondary N) is 1. The quantitative estimate of drug-likeness (QED) is 0.800. The molecule has 0 aliphatic rings. The number of benzene rings is 1. The van der Waals surface area contributed by atoms with Crippen LogP contribution in [0.2, 0.25) is 0 Å². The Kier molecular flexibility index (Phi) is 3.75. The van der Waals surface area contributed by atoms with E-state index in [0.717, 1.165) is 16.1 Å². The maximum absolute atomic E-state index is 12.1. The van der Waals surface area contributed by atoms with Crippen molar-refractivity contribution in [2.75, 3.05) is 5.32 Å². The highest BCUT2D eigenvalue weighted by molar-refractivity contribution is 7.19. The Labute approximate surface area is 126 Å². The minimum absolute atomic E-state index is 0.175. The summed E-state index contributed by atoms with van der Waals surface area (Å²) in [6, 6.07) is 13.4. The van der Waals surface area contributed by atoms with Gasteiger partial charge in [0.15, 0.2) is 5.13 Å². The highest BCUT2D eigenvalue weighted by atomic mass is 32.1. The van der Waals surface area contributed by atoms with Gasteiger partial charge in [-0.3, -0.25) is 15.1 Å². The molecule has 0 fully saturated rings. The Morgan fingerprint density at radius 2 is 1.81 bits per heavy atom. The highest BCUT2D eigenvalue weighted by Gasteiger charge is 2.12. The van der Waals surface area contributed by atoms with Crippen LogP contribution in [0.1, 0.15) is 16.1 Å². The third-order valence-corrected chi connectivity index (χ3v) is 4.12. The number of rotatable bonds is 3. The largest absolute Gasteiger partial charge is 0.298 e. The minimum atomic E-state index is -0.175. The summed E-state index contributed by atoms with van der Waals surface area (Å²) in [6.07, 6.45) is 3.19. The predicted molar refractivity (Wildman–Crippen MR) is 84.5 cm³/mol. The van der Waals surface area contributed by atoms with Crippen LogP contribution in [0.25, 0.3) is 10.4 Å². The van der Waals surface area contributed by atoms with Gasteiger partial charge in [0, 0.05) is 18.0 Å². The van der Waals surface area contributed by atoms with Gasteiger partial charge < -0.3 is 0 Å². The fourth-order valence-electron chi connectivity index (χ4n) is 1.98. The Morgan fingerprint density at radius 3 is 2.52 bits per heavy atom. The van der Waals surface area contributed by atoms with E-state index in [1.54, 1.807) is 24.5 Å². The van der Waals surface area contributed by atoms with Crippen LogP contribution in [-0.2, 0) is 0 Å². The molecule has 0 unspecified atom stereocenters. The van der Waals surface area contributed by atoms with Crippen LogP contribution in [0.15, 0.2) is 54.9 Å². The highest BCUT2D eigenvalue weighted by Crippen LogP contribution is 2.32. The summed E-state index contributed by atoms with van der Waals surface area (Å²) >= 11 is 1.48. The van der Waals surface area contributed by atoms with Crippen LogP contribution >= 0.6 is 11.3 Å². The number of hydrogen-bond donors (Lipinski definition) is 1. The Morgan fingerprint density at radius 1 is 1.10 bits per heavy atom. The number of carbonyl (C=O) groups excluding carboxylic acids is 1. The molecule has 3 aromatic rings. The van der Waals surface area contributed by atoms with Crippen LogP contribution in [-0.4, -0.2) is 15.9 Å². The lowest BCUT2D eigenvalue weighted by atomic mass is 10.2. The van der Waals surface area contributed by atoms with Crippen LogP contribution in [0, 0.1) is 6.92 Å². The molecular formula is C16H13N3OS. The van der Waals surface area contributed by atoms with E-state index < -0.39 is 0 Å². The molecule has 5 heteroatoms. The van der Waals surface area contributed by atoms with Crippen molar-refractivity contribution in [1.29, 1.82) is 0 Å². The normalized spacial score (nSPS) is 10.3. The van der Waals surface area contributed by atoms with Crippen molar-refractivity contribution in [3.05, 3.63) is 66.1 Å². The molecule has 104 valence electrons. The Bertz CT molecular complexity index is 754. The Balaban J connectivity index is 1.84. The maximum atomic E-state index is 12.1. The molecule has 3 rings (SSSR count). The molecule has 21 heavy (non-hydrogen) atoms. The molecule has 0 saturated carbocycles. The van der Waals surface area contributed by atoms with Gasteiger partial charge in [0.25, 0.3) is 5.91 Å². The lowest BCUT2D eigenvalue weighted by Crippen LogP contribution is -2.11. The first-order valence-corrected chi connectivity index (χ1v) is 7.30. The number of aryl methyl sites for hydroxylation is 1. The average molecular weight is 295 g/mol. The molecule has 1 N–H and O–H groups in total. The van der Waals surface area contributed by atoms with E-state index >= 15 is 0 Å². The monoisotopic (exact) mass is 295 g/mol. The van der Waals surface area contributed by atoms with Crippen molar-refractivity contribution in [3.63, 3.8) is 0 Å². The second kappa shape index (κ2) is 5.85. The molecule has 1 amide bonds. The van der Waals surface area contributed by atoms with E-state index in [0.29, 0.717) is 10.7 Å². The minimum Gasteiger partial charge on any atom is -0.298 e. The average Bonchev–Trinajstić information content (AvgIpc) is 2.89. The topological polar surface area (TPSA) is 54.9 Å². The first kappa shape index (κ1) is 13.5. The Hall–Kier alpha value is -2.53. The van der Waals surface area contributed by atoms with E-state index in [2.05, 4.69) is 15.3 Å². The number of carbonyl (C=O) groups is 1. The third-order valence-electron chi connectivity index (χ3n) is 3.00. The molecule has 0 aliphatic carbocycles. The van der Waals surface area contributed by atoms with Gasteiger partial charge >= 0.3 is 0 Å². The molecule has 2 aromatic heterocycles. The van der Waals surface area contributed by atoms with Gasteiger partial charge in [-0.05, 0) is 24.6 Å². The standard InChI is InChI=1S/C16H13N3OS/c1-11-14(12-5-3-2-4-6-12)21-16(18-11)19-15(20)13-7-9-17-10-8-13/h2-10H,1H3,(H,18,19,20). The van der Waals surface area contributed by atoms with Crippen LogP contribution < -0.4 is 5.32 Å². The fraction of sp³-hybridized carbons (Fsp3) is 0.0625. The summed E-state index contributed by atoms with van der Waals surface area (Å²) in [5.74, 6) is -0.175. The lowest BCUT2D eigenvalue weighted by molar-refractivity contribution is 0.102. The number of hydrogen-bond acceptors (Lipinski definition) is 4. The maximum Gasteiger partial charge on any atom is 0.257 e. The number of pyridine rings is 1. The predicted octanol–water partition coefficient (Wildman–Crippen LogP) is 3.77. The lowest BCUT2D eigenvalue weighted by Gasteiger charge is -2.00. The van der Waals surface area contributed by atoms with E-state index in [1.807, 2.05) is 37.3 Å². The number of aromatic nitrogens is 2. The van der Waals surface area contributed by atoms with Gasteiger partial charge in [-0.2, -0.15) is 0 Å². The molecule has 0 aliphatic heterocycles. The van der Waals surface area contributed by atoms with Crippen LogP contribution in [0.4, 0.5) is 5.13 Å². The second-order valence-corrected chi connectivity index (χ2v) is 5.49. The van der Waals surface area contributed by atoms with Crippen molar-refractivity contribution < 1.29 is 4.79 Å². The van der Waals surface area contributed by atoms with Crippen molar-refractivity contribution in [3.8, 4) is 10.4 Å². The SMILES string of the molecule is Cc1nc(NC(=O)c2ccncc2)sc1-c1ccccc1.